The molecule has 1 saturated heterocycles. The van der Waals surface area contributed by atoms with Gasteiger partial charge in [-0.2, -0.15) is 14.4 Å². The van der Waals surface area contributed by atoms with Gasteiger partial charge in [0.05, 0.1) is 6.33 Å². The van der Waals surface area contributed by atoms with E-state index < -0.39 is 24.0 Å². The quantitative estimate of drug-likeness (QED) is 0.0334. The summed E-state index contributed by atoms with van der Waals surface area (Å²) >= 11 is 0. The van der Waals surface area contributed by atoms with Crippen LogP contribution in [-0.4, -0.2) is 49.8 Å². The minimum Gasteiger partial charge on any atom is -0.461 e. The number of hydrogen-bond acceptors (Lipinski definition) is 9. The molecule has 0 radical (unpaired) electrons. The van der Waals surface area contributed by atoms with Crippen LogP contribution in [0.4, 0.5) is 10.2 Å². The number of hydrogen-bond donors (Lipinski definition) is 1. The molecule has 0 saturated carbocycles. The first-order valence-electron chi connectivity index (χ1n) is 22.0. The Bertz CT molecular complexity index is 1410. The van der Waals surface area contributed by atoms with Gasteiger partial charge < -0.3 is 19.9 Å². The monoisotopic (exact) mass is 770 g/mol. The fourth-order valence-electron chi connectivity index (χ4n) is 7.52. The third-order valence-corrected chi connectivity index (χ3v) is 10.9. The molecule has 0 bridgehead atoms. The lowest BCUT2D eigenvalue weighted by Gasteiger charge is -2.28. The Labute approximate surface area is 331 Å². The van der Waals surface area contributed by atoms with E-state index in [1.165, 1.54) is 139 Å². The zero-order valence-corrected chi connectivity index (χ0v) is 34.3. The molecule has 310 valence electrons. The Hall–Kier alpha value is -3.26. The summed E-state index contributed by atoms with van der Waals surface area (Å²) in [7, 11) is 0. The number of rotatable bonds is 32. The lowest BCUT2D eigenvalue weighted by Crippen LogP contribution is -2.45. The third kappa shape index (κ3) is 17.2. The third-order valence-electron chi connectivity index (χ3n) is 10.9. The van der Waals surface area contributed by atoms with E-state index in [1.54, 1.807) is 0 Å². The maximum atomic E-state index is 14.2. The predicted octanol–water partition coefficient (Wildman–Crippen LogP) is 11.3. The van der Waals surface area contributed by atoms with Crippen molar-refractivity contribution in [1.29, 1.82) is 0 Å². The summed E-state index contributed by atoms with van der Waals surface area (Å²) in [4.78, 5) is 37.7. The SMILES string of the molecule is C#CC1(COC(=O)CCCCCCCCCCCCCCC)OC(n2cnc3c(N)nc(F)nc32)CC1OC(=O)CCCCCCCCCCCCCCC. The van der Waals surface area contributed by atoms with Crippen LogP contribution >= 0.6 is 0 Å². The van der Waals surface area contributed by atoms with Crippen LogP contribution in [-0.2, 0) is 23.8 Å². The molecule has 10 nitrogen and oxygen atoms in total. The number of ether oxygens (including phenoxy) is 3. The number of aromatic nitrogens is 4. The largest absolute Gasteiger partial charge is 0.461 e. The van der Waals surface area contributed by atoms with E-state index in [2.05, 4.69) is 34.7 Å². The number of esters is 2. The fourth-order valence-corrected chi connectivity index (χ4v) is 7.52. The van der Waals surface area contributed by atoms with E-state index >= 15 is 0 Å². The topological polar surface area (TPSA) is 131 Å². The number of carbonyl (C=O) groups is 2. The van der Waals surface area contributed by atoms with Crippen molar-refractivity contribution in [2.75, 3.05) is 12.3 Å². The molecule has 3 unspecified atom stereocenters. The summed E-state index contributed by atoms with van der Waals surface area (Å²) in [5, 5.41) is 0. The molecule has 2 aromatic rings. The lowest BCUT2D eigenvalue weighted by atomic mass is 9.98. The van der Waals surface area contributed by atoms with Gasteiger partial charge in [-0.05, 0) is 12.8 Å². The molecule has 1 aliphatic rings. The van der Waals surface area contributed by atoms with E-state index in [0.29, 0.717) is 6.42 Å². The van der Waals surface area contributed by atoms with E-state index in [-0.39, 0.29) is 54.8 Å². The van der Waals surface area contributed by atoms with Gasteiger partial charge in [0, 0.05) is 19.3 Å². The summed E-state index contributed by atoms with van der Waals surface area (Å²) in [5.74, 6) is 1.77. The number of unbranched alkanes of at least 4 members (excludes halogenated alkanes) is 24. The summed E-state index contributed by atoms with van der Waals surface area (Å²) < 4.78 is 33.7. The van der Waals surface area contributed by atoms with Crippen LogP contribution in [0.5, 0.6) is 0 Å². The van der Waals surface area contributed by atoms with Crippen molar-refractivity contribution in [2.45, 2.75) is 218 Å². The second-order valence-electron chi connectivity index (χ2n) is 15.7. The molecule has 3 atom stereocenters. The molecule has 2 aromatic heterocycles. The van der Waals surface area contributed by atoms with Gasteiger partial charge >= 0.3 is 18.0 Å². The molecule has 1 aliphatic heterocycles. The van der Waals surface area contributed by atoms with Gasteiger partial charge in [-0.25, -0.2) is 4.98 Å². The Morgan fingerprint density at radius 1 is 0.782 bits per heavy atom. The number of nitrogen functional groups attached to an aromatic ring is 1. The molecule has 0 aliphatic carbocycles. The summed E-state index contributed by atoms with van der Waals surface area (Å²) in [6.45, 7) is 4.21. The molecule has 55 heavy (non-hydrogen) atoms. The Balaban J connectivity index is 1.44. The van der Waals surface area contributed by atoms with Crippen molar-refractivity contribution in [3.05, 3.63) is 12.4 Å². The number of nitrogens with zero attached hydrogens (tertiary/aromatic N) is 4. The molecule has 3 heterocycles. The molecule has 0 aromatic carbocycles. The molecule has 1 fully saturated rings. The first-order chi connectivity index (χ1) is 26.8. The van der Waals surface area contributed by atoms with Gasteiger partial charge in [0.1, 0.15) is 18.9 Å². The van der Waals surface area contributed by atoms with Gasteiger partial charge in [-0.1, -0.05) is 174 Å². The number of fused-ring (bicyclic) bond motifs is 1. The average Bonchev–Trinajstić information content (AvgIpc) is 3.76. The average molecular weight is 770 g/mol. The van der Waals surface area contributed by atoms with Gasteiger partial charge in [-0.3, -0.25) is 14.2 Å². The maximum Gasteiger partial charge on any atom is 0.312 e. The van der Waals surface area contributed by atoms with Crippen LogP contribution in [0.2, 0.25) is 0 Å². The number of halogens is 1. The maximum absolute atomic E-state index is 14.2. The number of imidazole rings is 1. The molecule has 0 amide bonds. The highest BCUT2D eigenvalue weighted by atomic mass is 19.1. The van der Waals surface area contributed by atoms with Crippen LogP contribution in [0.15, 0.2) is 6.33 Å². The smallest absolute Gasteiger partial charge is 0.312 e. The summed E-state index contributed by atoms with van der Waals surface area (Å²) in [5.41, 5.74) is 4.68. The van der Waals surface area contributed by atoms with Crippen molar-refractivity contribution in [3.63, 3.8) is 0 Å². The lowest BCUT2D eigenvalue weighted by molar-refractivity contribution is -0.166. The zero-order valence-electron chi connectivity index (χ0n) is 34.3. The van der Waals surface area contributed by atoms with Crippen LogP contribution in [0, 0.1) is 18.4 Å². The van der Waals surface area contributed by atoms with Crippen molar-refractivity contribution in [1.82, 2.24) is 19.5 Å². The normalized spacial score (nSPS) is 18.1. The number of anilines is 1. The van der Waals surface area contributed by atoms with Gasteiger partial charge in [-0.15, -0.1) is 6.42 Å². The van der Waals surface area contributed by atoms with E-state index in [0.717, 1.165) is 32.1 Å². The fraction of sp³-hybridized carbons (Fsp3) is 0.795. The van der Waals surface area contributed by atoms with Crippen LogP contribution in [0.25, 0.3) is 11.2 Å². The standard InChI is InChI=1S/C44H72FN5O5/c1-4-7-9-11-13-15-17-19-21-23-25-27-29-31-38(51)53-34-44(6-3)36(33-37(55-44)50-35-47-40-41(46)48-43(45)49-42(40)50)54-39(52)32-30-28-26-24-22-20-18-16-14-12-10-8-5-2/h3,35-37H,4-5,7-34H2,1-2H3,(H2,46,48,49). The first-order valence-corrected chi connectivity index (χ1v) is 22.0. The number of nitrogens with two attached hydrogens (primary N) is 1. The number of carbonyl (C=O) groups excluding carboxylic acids is 2. The molecule has 2 N–H and O–H groups in total. The van der Waals surface area contributed by atoms with Crippen LogP contribution in [0.1, 0.15) is 206 Å². The van der Waals surface area contributed by atoms with Gasteiger partial charge in [0.15, 0.2) is 17.0 Å². The van der Waals surface area contributed by atoms with Crippen molar-refractivity contribution in [2.24, 2.45) is 0 Å². The van der Waals surface area contributed by atoms with Crippen LogP contribution in [0.3, 0.4) is 0 Å². The first kappa shape index (κ1) is 46.1. The zero-order chi connectivity index (χ0) is 39.6. The number of terminal acetylenes is 1. The minimum atomic E-state index is -1.55. The second kappa shape index (κ2) is 27.4. The van der Waals surface area contributed by atoms with E-state index in [4.69, 9.17) is 26.4 Å². The van der Waals surface area contributed by atoms with Crippen molar-refractivity contribution in [3.8, 4) is 12.3 Å². The van der Waals surface area contributed by atoms with Gasteiger partial charge in [0.25, 0.3) is 0 Å². The molecule has 0 spiro atoms. The second-order valence-corrected chi connectivity index (χ2v) is 15.7. The Kier molecular flexibility index (Phi) is 22.9. The molecular formula is C44H72FN5O5. The van der Waals surface area contributed by atoms with Gasteiger partial charge in [0.2, 0.25) is 5.60 Å². The van der Waals surface area contributed by atoms with Crippen molar-refractivity contribution < 1.29 is 28.2 Å². The van der Waals surface area contributed by atoms with Crippen molar-refractivity contribution >= 4 is 28.9 Å². The minimum absolute atomic E-state index is 0.106. The highest BCUT2D eigenvalue weighted by Gasteiger charge is 2.52. The predicted molar refractivity (Wildman–Crippen MR) is 217 cm³/mol. The summed E-state index contributed by atoms with van der Waals surface area (Å²) in [6, 6.07) is 0. The van der Waals surface area contributed by atoms with E-state index in [1.807, 2.05) is 0 Å². The Morgan fingerprint density at radius 2 is 1.24 bits per heavy atom. The highest BCUT2D eigenvalue weighted by molar-refractivity contribution is 5.81. The molecule has 11 heteroatoms. The van der Waals surface area contributed by atoms with Crippen LogP contribution < -0.4 is 5.73 Å². The Morgan fingerprint density at radius 3 is 1.71 bits per heavy atom. The molecular weight excluding hydrogens is 698 g/mol. The molecule has 3 rings (SSSR count). The van der Waals surface area contributed by atoms with E-state index in [9.17, 15) is 14.0 Å². The summed E-state index contributed by atoms with van der Waals surface area (Å²) in [6.07, 6.45) is 36.9. The highest BCUT2D eigenvalue weighted by Crippen LogP contribution is 2.40.